The van der Waals surface area contributed by atoms with E-state index in [-0.39, 0.29) is 0 Å². The van der Waals surface area contributed by atoms with Crippen LogP contribution >= 0.6 is 11.3 Å². The minimum absolute atomic E-state index is 0.961. The van der Waals surface area contributed by atoms with Crippen molar-refractivity contribution in [2.45, 2.75) is 0 Å². The van der Waals surface area contributed by atoms with E-state index in [1.807, 2.05) is 0 Å². The summed E-state index contributed by atoms with van der Waals surface area (Å²) >= 11 is 1.73. The van der Waals surface area contributed by atoms with Gasteiger partial charge in [-0.05, 0) is 67.2 Å². The third-order valence-corrected chi connectivity index (χ3v) is 9.34. The Morgan fingerprint density at radius 2 is 0.975 bits per heavy atom. The molecule has 2 heterocycles. The van der Waals surface area contributed by atoms with Crippen molar-refractivity contribution in [1.82, 2.24) is 0 Å². The maximum atomic E-state index is 6.53. The molecule has 9 aromatic rings. The molecule has 0 radical (unpaired) electrons. The second-order valence-electron chi connectivity index (χ2n) is 10.5. The Hall–Kier alpha value is -4.92. The van der Waals surface area contributed by atoms with Gasteiger partial charge in [-0.2, -0.15) is 0 Å². The standard InChI is InChI=1S/C38H22OS/c1-2-13-29-27(11-1)28-12-3-4-14-30(28)34-22-24(19-20-31(29)34)23-9-7-10-25(21-23)26-16-8-17-33-36-32-15-5-6-18-35(32)40-38(36)39-37(26)33/h1-22H. The van der Waals surface area contributed by atoms with Crippen molar-refractivity contribution < 1.29 is 4.42 Å². The number of benzene rings is 7. The highest BCUT2D eigenvalue weighted by Gasteiger charge is 2.17. The number of thiophene rings is 1. The summed E-state index contributed by atoms with van der Waals surface area (Å²) in [6, 6.07) is 48.4. The summed E-state index contributed by atoms with van der Waals surface area (Å²) in [6.45, 7) is 0. The molecule has 9 rings (SSSR count). The molecule has 0 atom stereocenters. The van der Waals surface area contributed by atoms with Gasteiger partial charge in [-0.3, -0.25) is 0 Å². The minimum atomic E-state index is 0.961. The molecule has 0 aliphatic carbocycles. The summed E-state index contributed by atoms with van der Waals surface area (Å²) in [5.74, 6) is 0. The van der Waals surface area contributed by atoms with Gasteiger partial charge in [0.15, 0.2) is 4.90 Å². The molecule has 2 heteroatoms. The van der Waals surface area contributed by atoms with Gasteiger partial charge in [0.05, 0.1) is 0 Å². The van der Waals surface area contributed by atoms with Crippen LogP contribution in [0.1, 0.15) is 0 Å². The topological polar surface area (TPSA) is 13.1 Å². The summed E-state index contributed by atoms with van der Waals surface area (Å²) in [5, 5.41) is 11.5. The number of fused-ring (bicyclic) bond motifs is 11. The zero-order valence-electron chi connectivity index (χ0n) is 21.5. The van der Waals surface area contributed by atoms with E-state index in [2.05, 4.69) is 133 Å². The summed E-state index contributed by atoms with van der Waals surface area (Å²) < 4.78 is 7.80. The average Bonchev–Trinajstić information content (AvgIpc) is 3.57. The van der Waals surface area contributed by atoms with E-state index < -0.39 is 0 Å². The fourth-order valence-electron chi connectivity index (χ4n) is 6.47. The molecule has 0 bridgehead atoms. The van der Waals surface area contributed by atoms with Gasteiger partial charge in [0.2, 0.25) is 0 Å². The highest BCUT2D eigenvalue weighted by molar-refractivity contribution is 7.25. The first-order valence-corrected chi connectivity index (χ1v) is 14.4. The Morgan fingerprint density at radius 3 is 1.75 bits per heavy atom. The van der Waals surface area contributed by atoms with Gasteiger partial charge in [-0.1, -0.05) is 127 Å². The van der Waals surface area contributed by atoms with E-state index in [0.717, 1.165) is 21.6 Å². The van der Waals surface area contributed by atoms with Gasteiger partial charge < -0.3 is 4.42 Å². The SMILES string of the molecule is c1cc(-c2ccc3c4ccccc4c4ccccc4c3c2)cc(-c2cccc3c2oc2sc4ccccc4c23)c1. The Bertz CT molecular complexity index is 2400. The fraction of sp³-hybridized carbons (Fsp3) is 0. The van der Waals surface area contributed by atoms with Crippen LogP contribution < -0.4 is 0 Å². The quantitative estimate of drug-likeness (QED) is 0.204. The lowest BCUT2D eigenvalue weighted by Crippen LogP contribution is -1.86. The summed E-state index contributed by atoms with van der Waals surface area (Å²) in [7, 11) is 0. The van der Waals surface area contributed by atoms with E-state index in [4.69, 9.17) is 4.42 Å². The molecule has 7 aromatic carbocycles. The van der Waals surface area contributed by atoms with E-state index >= 15 is 0 Å². The molecule has 0 aliphatic rings. The summed E-state index contributed by atoms with van der Waals surface area (Å²) in [5.41, 5.74) is 5.67. The number of hydrogen-bond donors (Lipinski definition) is 0. The highest BCUT2D eigenvalue weighted by Crippen LogP contribution is 2.44. The van der Waals surface area contributed by atoms with Crippen molar-refractivity contribution in [3.63, 3.8) is 0 Å². The number of hydrogen-bond acceptors (Lipinski definition) is 2. The largest absolute Gasteiger partial charge is 0.445 e. The Balaban J connectivity index is 1.24. The van der Waals surface area contributed by atoms with Gasteiger partial charge in [0, 0.05) is 26.4 Å². The van der Waals surface area contributed by atoms with Crippen molar-refractivity contribution in [1.29, 1.82) is 0 Å². The lowest BCUT2D eigenvalue weighted by atomic mass is 9.91. The molecule has 0 unspecified atom stereocenters. The first-order valence-electron chi connectivity index (χ1n) is 13.6. The Morgan fingerprint density at radius 1 is 0.400 bits per heavy atom. The molecule has 0 saturated heterocycles. The second kappa shape index (κ2) is 8.29. The number of rotatable bonds is 2. The van der Waals surface area contributed by atoms with E-state index in [1.165, 1.54) is 64.3 Å². The molecular weight excluding hydrogens is 504 g/mol. The zero-order chi connectivity index (χ0) is 26.2. The molecule has 0 fully saturated rings. The maximum Gasteiger partial charge on any atom is 0.190 e. The highest BCUT2D eigenvalue weighted by atomic mass is 32.1. The lowest BCUT2D eigenvalue weighted by Gasteiger charge is -2.12. The molecule has 2 aromatic heterocycles. The maximum absolute atomic E-state index is 6.53. The summed E-state index contributed by atoms with van der Waals surface area (Å²) in [6.07, 6.45) is 0. The van der Waals surface area contributed by atoms with Crippen LogP contribution in [0.5, 0.6) is 0 Å². The first kappa shape index (κ1) is 22.0. The Kier molecular flexibility index (Phi) is 4.55. The molecule has 40 heavy (non-hydrogen) atoms. The minimum Gasteiger partial charge on any atom is -0.445 e. The number of para-hydroxylation sites is 1. The fourth-order valence-corrected chi connectivity index (χ4v) is 7.54. The van der Waals surface area contributed by atoms with Crippen LogP contribution in [0.3, 0.4) is 0 Å². The summed E-state index contributed by atoms with van der Waals surface area (Å²) in [4.78, 5) is 0.994. The monoisotopic (exact) mass is 526 g/mol. The zero-order valence-corrected chi connectivity index (χ0v) is 22.3. The molecule has 0 amide bonds. The molecular formula is C38H22OS. The van der Waals surface area contributed by atoms with Crippen LogP contribution in [0, 0.1) is 0 Å². The lowest BCUT2D eigenvalue weighted by molar-refractivity contribution is 0.679. The van der Waals surface area contributed by atoms with Gasteiger partial charge in [-0.25, -0.2) is 0 Å². The van der Waals surface area contributed by atoms with E-state index in [9.17, 15) is 0 Å². The average molecular weight is 527 g/mol. The van der Waals surface area contributed by atoms with Crippen molar-refractivity contribution in [2.24, 2.45) is 0 Å². The smallest absolute Gasteiger partial charge is 0.190 e. The third-order valence-electron chi connectivity index (χ3n) is 8.29. The van der Waals surface area contributed by atoms with Crippen LogP contribution in [0.15, 0.2) is 138 Å². The Labute approximate surface area is 234 Å². The first-order chi connectivity index (χ1) is 19.8. The van der Waals surface area contributed by atoms with Gasteiger partial charge >= 0.3 is 0 Å². The van der Waals surface area contributed by atoms with Gasteiger partial charge in [-0.15, -0.1) is 0 Å². The van der Waals surface area contributed by atoms with Crippen molar-refractivity contribution >= 4 is 75.0 Å². The van der Waals surface area contributed by atoms with Crippen LogP contribution in [-0.4, -0.2) is 0 Å². The molecule has 0 N–H and O–H groups in total. The molecule has 0 saturated carbocycles. The molecule has 0 spiro atoms. The predicted molar refractivity (Wildman–Crippen MR) is 172 cm³/mol. The van der Waals surface area contributed by atoms with Crippen LogP contribution in [0.2, 0.25) is 0 Å². The van der Waals surface area contributed by atoms with Crippen molar-refractivity contribution in [3.8, 4) is 22.3 Å². The van der Waals surface area contributed by atoms with Gasteiger partial charge in [0.25, 0.3) is 0 Å². The normalized spacial score (nSPS) is 12.0. The van der Waals surface area contributed by atoms with E-state index in [0.29, 0.717) is 0 Å². The number of furan rings is 1. The van der Waals surface area contributed by atoms with Crippen LogP contribution in [0.25, 0.3) is 85.9 Å². The molecule has 0 aliphatic heterocycles. The predicted octanol–water partition coefficient (Wildman–Crippen LogP) is 11.6. The second-order valence-corrected chi connectivity index (χ2v) is 11.5. The van der Waals surface area contributed by atoms with Crippen LogP contribution in [0.4, 0.5) is 0 Å². The van der Waals surface area contributed by atoms with Crippen LogP contribution in [-0.2, 0) is 0 Å². The molecule has 186 valence electrons. The molecule has 1 nitrogen and oxygen atoms in total. The van der Waals surface area contributed by atoms with Gasteiger partial charge in [0.1, 0.15) is 5.58 Å². The third kappa shape index (κ3) is 3.08. The van der Waals surface area contributed by atoms with E-state index in [1.54, 1.807) is 11.3 Å². The van der Waals surface area contributed by atoms with Crippen molar-refractivity contribution in [2.75, 3.05) is 0 Å². The van der Waals surface area contributed by atoms with Crippen molar-refractivity contribution in [3.05, 3.63) is 133 Å².